The average Bonchev–Trinajstić information content (AvgIpc) is 2.97. The zero-order valence-electron chi connectivity index (χ0n) is 12.2. The molecule has 124 valence electrons. The van der Waals surface area contributed by atoms with Crippen LogP contribution in [0.25, 0.3) is 11.4 Å². The Morgan fingerprint density at radius 3 is 2.70 bits per heavy atom. The predicted molar refractivity (Wildman–Crippen MR) is 76.1 cm³/mol. The number of unbranched alkanes of at least 4 members (excludes halogenated alkanes) is 1. The Labute approximate surface area is 129 Å². The van der Waals surface area contributed by atoms with Crippen molar-refractivity contribution in [2.24, 2.45) is 0 Å². The van der Waals surface area contributed by atoms with Crippen molar-refractivity contribution in [2.75, 3.05) is 6.61 Å². The largest absolute Gasteiger partial charge is 0.487 e. The van der Waals surface area contributed by atoms with E-state index in [0.717, 1.165) is 18.9 Å². The van der Waals surface area contributed by atoms with Crippen molar-refractivity contribution in [2.45, 2.75) is 25.9 Å². The molecule has 0 saturated carbocycles. The number of imidazole rings is 1. The number of hydrogen-bond donors (Lipinski definition) is 1. The van der Waals surface area contributed by atoms with E-state index in [1.54, 1.807) is 0 Å². The summed E-state index contributed by atoms with van der Waals surface area (Å²) in [6, 6.07) is 3.92. The van der Waals surface area contributed by atoms with E-state index in [9.17, 15) is 23.3 Å². The maximum atomic E-state index is 12.6. The first-order chi connectivity index (χ1) is 10.8. The maximum Gasteiger partial charge on any atom is 0.432 e. The zero-order chi connectivity index (χ0) is 17.0. The van der Waals surface area contributed by atoms with Gasteiger partial charge in [-0.1, -0.05) is 13.3 Å². The summed E-state index contributed by atoms with van der Waals surface area (Å²) in [7, 11) is 0. The minimum absolute atomic E-state index is 0.0785. The summed E-state index contributed by atoms with van der Waals surface area (Å²) in [6.07, 6.45) is -2.29. The zero-order valence-corrected chi connectivity index (χ0v) is 12.2. The van der Waals surface area contributed by atoms with E-state index in [2.05, 4.69) is 9.97 Å². The van der Waals surface area contributed by atoms with Crippen LogP contribution in [-0.2, 0) is 6.18 Å². The lowest BCUT2D eigenvalue weighted by atomic mass is 10.2. The van der Waals surface area contributed by atoms with Crippen LogP contribution in [0.2, 0.25) is 0 Å². The van der Waals surface area contributed by atoms with Crippen LogP contribution in [0.5, 0.6) is 5.75 Å². The monoisotopic (exact) mass is 329 g/mol. The molecule has 9 heteroatoms. The highest BCUT2D eigenvalue weighted by Gasteiger charge is 2.33. The quantitative estimate of drug-likeness (QED) is 0.489. The number of nitrogens with zero attached hydrogens (tertiary/aromatic N) is 2. The number of aromatic amines is 1. The van der Waals surface area contributed by atoms with Gasteiger partial charge < -0.3 is 9.72 Å². The Kier molecular flexibility index (Phi) is 4.87. The molecule has 0 saturated heterocycles. The number of nitrogens with one attached hydrogen (secondary N) is 1. The number of aromatic nitrogens is 2. The molecule has 0 bridgehead atoms. The normalized spacial score (nSPS) is 11.5. The summed E-state index contributed by atoms with van der Waals surface area (Å²) in [6.45, 7) is 2.28. The second kappa shape index (κ2) is 6.67. The van der Waals surface area contributed by atoms with Gasteiger partial charge in [-0.05, 0) is 18.6 Å². The molecule has 0 spiro atoms. The van der Waals surface area contributed by atoms with Crippen LogP contribution in [0.4, 0.5) is 18.9 Å². The lowest BCUT2D eigenvalue weighted by molar-refractivity contribution is -0.385. The number of benzene rings is 1. The van der Waals surface area contributed by atoms with Crippen LogP contribution < -0.4 is 4.74 Å². The minimum Gasteiger partial charge on any atom is -0.487 e. The molecule has 23 heavy (non-hydrogen) atoms. The topological polar surface area (TPSA) is 81.0 Å². The minimum atomic E-state index is -4.56. The molecule has 1 aromatic carbocycles. The SMILES string of the molecule is CCCCOc1ccc(-c2ncc(C(F)(F)F)[nH]2)cc1[N+](=O)[O-]. The Hall–Kier alpha value is -2.58. The summed E-state index contributed by atoms with van der Waals surface area (Å²) in [5.41, 5.74) is -1.16. The molecule has 0 aliphatic carbocycles. The van der Waals surface area contributed by atoms with Gasteiger partial charge in [-0.3, -0.25) is 10.1 Å². The number of alkyl halides is 3. The highest BCUT2D eigenvalue weighted by molar-refractivity contribution is 5.63. The highest BCUT2D eigenvalue weighted by atomic mass is 19.4. The van der Waals surface area contributed by atoms with Crippen LogP contribution >= 0.6 is 0 Å². The molecule has 0 atom stereocenters. The summed E-state index contributed by atoms with van der Waals surface area (Å²) in [5, 5.41) is 11.1. The van der Waals surface area contributed by atoms with Crippen molar-refractivity contribution in [3.8, 4) is 17.1 Å². The molecule has 1 aromatic heterocycles. The molecule has 0 aliphatic rings. The van der Waals surface area contributed by atoms with E-state index in [1.165, 1.54) is 12.1 Å². The predicted octanol–water partition coefficient (Wildman–Crippen LogP) is 4.18. The first kappa shape index (κ1) is 16.8. The Bertz CT molecular complexity index is 698. The number of nitro groups is 1. The van der Waals surface area contributed by atoms with Gasteiger partial charge in [0.15, 0.2) is 5.75 Å². The first-order valence-corrected chi connectivity index (χ1v) is 6.86. The van der Waals surface area contributed by atoms with Crippen molar-refractivity contribution in [1.82, 2.24) is 9.97 Å². The summed E-state index contributed by atoms with van der Waals surface area (Å²) < 4.78 is 43.0. The van der Waals surface area contributed by atoms with Gasteiger partial charge in [0.05, 0.1) is 17.7 Å². The number of ether oxygens (including phenoxy) is 1. The van der Waals surface area contributed by atoms with Crippen LogP contribution in [-0.4, -0.2) is 21.5 Å². The molecule has 2 rings (SSSR count). The average molecular weight is 329 g/mol. The van der Waals surface area contributed by atoms with Gasteiger partial charge in [0.25, 0.3) is 0 Å². The molecule has 2 aromatic rings. The molecule has 0 amide bonds. The standard InChI is InChI=1S/C14H14F3N3O3/c1-2-3-6-23-11-5-4-9(7-10(11)20(21)22)13-18-8-12(19-13)14(15,16)17/h4-5,7-8H,2-3,6H2,1H3,(H,18,19). The first-order valence-electron chi connectivity index (χ1n) is 6.86. The molecule has 0 unspecified atom stereocenters. The van der Waals surface area contributed by atoms with Gasteiger partial charge >= 0.3 is 11.9 Å². The number of hydrogen-bond acceptors (Lipinski definition) is 4. The van der Waals surface area contributed by atoms with Crippen molar-refractivity contribution < 1.29 is 22.8 Å². The summed E-state index contributed by atoms with van der Waals surface area (Å²) in [4.78, 5) is 16.2. The number of rotatable bonds is 6. The van der Waals surface area contributed by atoms with Gasteiger partial charge in [0, 0.05) is 11.6 Å². The number of nitro benzene ring substituents is 1. The second-order valence-corrected chi connectivity index (χ2v) is 4.78. The smallest absolute Gasteiger partial charge is 0.432 e. The van der Waals surface area contributed by atoms with E-state index in [-0.39, 0.29) is 22.8 Å². The summed E-state index contributed by atoms with van der Waals surface area (Å²) >= 11 is 0. The van der Waals surface area contributed by atoms with Crippen molar-refractivity contribution >= 4 is 5.69 Å². The van der Waals surface area contributed by atoms with Crippen molar-refractivity contribution in [1.29, 1.82) is 0 Å². The Morgan fingerprint density at radius 2 is 2.13 bits per heavy atom. The molecular weight excluding hydrogens is 315 g/mol. The lowest BCUT2D eigenvalue weighted by Crippen LogP contribution is -2.04. The number of halogens is 3. The third-order valence-electron chi connectivity index (χ3n) is 3.07. The van der Waals surface area contributed by atoms with Gasteiger partial charge in [0.2, 0.25) is 0 Å². The second-order valence-electron chi connectivity index (χ2n) is 4.78. The summed E-state index contributed by atoms with van der Waals surface area (Å²) in [5.74, 6) is -0.0182. The molecule has 6 nitrogen and oxygen atoms in total. The third kappa shape index (κ3) is 3.99. The molecule has 0 fully saturated rings. The molecule has 0 radical (unpaired) electrons. The third-order valence-corrected chi connectivity index (χ3v) is 3.07. The molecule has 0 aliphatic heterocycles. The van der Waals surface area contributed by atoms with Crippen LogP contribution in [0.3, 0.4) is 0 Å². The van der Waals surface area contributed by atoms with Crippen molar-refractivity contribution in [3.63, 3.8) is 0 Å². The maximum absolute atomic E-state index is 12.6. The fourth-order valence-corrected chi connectivity index (χ4v) is 1.87. The van der Waals surface area contributed by atoms with Gasteiger partial charge in [-0.25, -0.2) is 4.98 Å². The van der Waals surface area contributed by atoms with E-state index in [4.69, 9.17) is 4.74 Å². The van der Waals surface area contributed by atoms with Gasteiger partial charge in [0.1, 0.15) is 11.5 Å². The van der Waals surface area contributed by atoms with E-state index < -0.39 is 16.8 Å². The molecular formula is C14H14F3N3O3. The Balaban J connectivity index is 2.32. The molecule has 1 N–H and O–H groups in total. The Morgan fingerprint density at radius 1 is 1.39 bits per heavy atom. The fourth-order valence-electron chi connectivity index (χ4n) is 1.87. The van der Waals surface area contributed by atoms with E-state index in [1.807, 2.05) is 6.92 Å². The van der Waals surface area contributed by atoms with E-state index in [0.29, 0.717) is 12.8 Å². The number of H-pyrrole nitrogens is 1. The van der Waals surface area contributed by atoms with Crippen molar-refractivity contribution in [3.05, 3.63) is 40.2 Å². The highest BCUT2D eigenvalue weighted by Crippen LogP contribution is 2.33. The molecule has 1 heterocycles. The van der Waals surface area contributed by atoms with Gasteiger partial charge in [-0.2, -0.15) is 13.2 Å². The van der Waals surface area contributed by atoms with Crippen LogP contribution in [0.15, 0.2) is 24.4 Å². The lowest BCUT2D eigenvalue weighted by Gasteiger charge is -2.07. The van der Waals surface area contributed by atoms with Crippen LogP contribution in [0, 0.1) is 10.1 Å². The fraction of sp³-hybridized carbons (Fsp3) is 0.357. The van der Waals surface area contributed by atoms with Gasteiger partial charge in [-0.15, -0.1) is 0 Å². The van der Waals surface area contributed by atoms with Crippen LogP contribution in [0.1, 0.15) is 25.5 Å². The van der Waals surface area contributed by atoms with E-state index >= 15 is 0 Å².